The molecule has 0 saturated heterocycles. The van der Waals surface area contributed by atoms with E-state index in [0.717, 1.165) is 11.8 Å². The van der Waals surface area contributed by atoms with Crippen LogP contribution >= 0.6 is 11.6 Å². The van der Waals surface area contributed by atoms with Crippen LogP contribution in [0.3, 0.4) is 0 Å². The molecule has 0 aliphatic carbocycles. The van der Waals surface area contributed by atoms with Gasteiger partial charge in [-0.3, -0.25) is 0 Å². The highest BCUT2D eigenvalue weighted by Gasteiger charge is 2.26. The predicted molar refractivity (Wildman–Crippen MR) is 70.6 cm³/mol. The molecule has 98 valence electrons. The van der Waals surface area contributed by atoms with Crippen LogP contribution in [0.2, 0.25) is 5.02 Å². The lowest BCUT2D eigenvalue weighted by atomic mass is 9.97. The van der Waals surface area contributed by atoms with Crippen LogP contribution in [0.15, 0.2) is 12.1 Å². The number of carbonyl (C=O) groups is 1. The van der Waals surface area contributed by atoms with E-state index in [2.05, 4.69) is 13.8 Å². The summed E-state index contributed by atoms with van der Waals surface area (Å²) < 4.78 is 11.5. The standard InChI is InChI=1S/C14H17ClO3/c1-14(2)8-17-12-7-10(4-3-5-16)6-11(15)13(12)18-9-14/h5-7H,3-4,8-9H2,1-2H3. The molecule has 1 aromatic carbocycles. The van der Waals surface area contributed by atoms with Crippen molar-refractivity contribution < 1.29 is 14.3 Å². The van der Waals surface area contributed by atoms with E-state index in [1.807, 2.05) is 12.1 Å². The third-order valence-electron chi connectivity index (χ3n) is 2.85. The fourth-order valence-electron chi connectivity index (χ4n) is 1.82. The van der Waals surface area contributed by atoms with Crippen molar-refractivity contribution in [3.05, 3.63) is 22.7 Å². The molecule has 18 heavy (non-hydrogen) atoms. The van der Waals surface area contributed by atoms with Crippen molar-refractivity contribution in [3.63, 3.8) is 0 Å². The van der Waals surface area contributed by atoms with Gasteiger partial charge in [-0.15, -0.1) is 0 Å². The van der Waals surface area contributed by atoms with Crippen molar-refractivity contribution in [2.75, 3.05) is 13.2 Å². The Kier molecular flexibility index (Phi) is 3.81. The molecule has 1 aliphatic heterocycles. The van der Waals surface area contributed by atoms with Gasteiger partial charge in [0.15, 0.2) is 11.5 Å². The van der Waals surface area contributed by atoms with E-state index in [-0.39, 0.29) is 5.41 Å². The summed E-state index contributed by atoms with van der Waals surface area (Å²) in [4.78, 5) is 10.4. The molecule has 0 bridgehead atoms. The van der Waals surface area contributed by atoms with Gasteiger partial charge in [-0.1, -0.05) is 25.4 Å². The topological polar surface area (TPSA) is 35.5 Å². The predicted octanol–water partition coefficient (Wildman–Crippen LogP) is 3.27. The second-order valence-electron chi connectivity index (χ2n) is 5.35. The zero-order valence-corrected chi connectivity index (χ0v) is 11.4. The zero-order valence-electron chi connectivity index (χ0n) is 10.7. The summed E-state index contributed by atoms with van der Waals surface area (Å²) in [6.07, 6.45) is 2.06. The average Bonchev–Trinajstić information content (AvgIpc) is 2.46. The lowest BCUT2D eigenvalue weighted by molar-refractivity contribution is -0.107. The van der Waals surface area contributed by atoms with Crippen molar-refractivity contribution in [1.29, 1.82) is 0 Å². The Morgan fingerprint density at radius 1 is 1.33 bits per heavy atom. The Labute approximate surface area is 112 Å². The van der Waals surface area contributed by atoms with Crippen LogP contribution in [-0.2, 0) is 11.2 Å². The molecular formula is C14H17ClO3. The molecule has 0 aromatic heterocycles. The lowest BCUT2D eigenvalue weighted by Gasteiger charge is -2.19. The molecule has 0 spiro atoms. The number of hydrogen-bond acceptors (Lipinski definition) is 3. The Bertz CT molecular complexity index is 455. The number of halogens is 1. The van der Waals surface area contributed by atoms with Gasteiger partial charge in [0.2, 0.25) is 0 Å². The Morgan fingerprint density at radius 2 is 2.06 bits per heavy atom. The second kappa shape index (κ2) is 5.19. The first kappa shape index (κ1) is 13.2. The minimum absolute atomic E-state index is 0.0364. The smallest absolute Gasteiger partial charge is 0.179 e. The normalized spacial score (nSPS) is 17.1. The summed E-state index contributed by atoms with van der Waals surface area (Å²) >= 11 is 6.20. The minimum atomic E-state index is -0.0364. The van der Waals surface area contributed by atoms with Crippen LogP contribution < -0.4 is 9.47 Å². The molecule has 0 N–H and O–H groups in total. The third-order valence-corrected chi connectivity index (χ3v) is 3.13. The summed E-state index contributed by atoms with van der Waals surface area (Å²) in [6, 6.07) is 3.75. The Balaban J connectivity index is 2.28. The van der Waals surface area contributed by atoms with Crippen LogP contribution in [0.5, 0.6) is 11.5 Å². The molecule has 0 saturated carbocycles. The summed E-state index contributed by atoms with van der Waals surface area (Å²) in [5.74, 6) is 1.28. The van der Waals surface area contributed by atoms with E-state index in [1.165, 1.54) is 0 Å². The fourth-order valence-corrected chi connectivity index (χ4v) is 2.11. The summed E-state index contributed by atoms with van der Waals surface area (Å²) in [7, 11) is 0. The summed E-state index contributed by atoms with van der Waals surface area (Å²) in [5.41, 5.74) is 0.958. The van der Waals surface area contributed by atoms with Gasteiger partial charge in [0.25, 0.3) is 0 Å². The van der Waals surface area contributed by atoms with Crippen molar-refractivity contribution >= 4 is 17.9 Å². The number of rotatable bonds is 3. The van der Waals surface area contributed by atoms with E-state index >= 15 is 0 Å². The molecule has 1 aromatic rings. The van der Waals surface area contributed by atoms with Gasteiger partial charge in [0.05, 0.1) is 18.2 Å². The third kappa shape index (κ3) is 2.96. The number of ether oxygens (including phenoxy) is 2. The van der Waals surface area contributed by atoms with Crippen LogP contribution in [0.4, 0.5) is 0 Å². The van der Waals surface area contributed by atoms with Crippen molar-refractivity contribution in [1.82, 2.24) is 0 Å². The van der Waals surface area contributed by atoms with Crippen molar-refractivity contribution in [2.24, 2.45) is 5.41 Å². The van der Waals surface area contributed by atoms with Gasteiger partial charge in [-0.25, -0.2) is 0 Å². The van der Waals surface area contributed by atoms with Gasteiger partial charge < -0.3 is 14.3 Å². The van der Waals surface area contributed by atoms with Crippen LogP contribution in [-0.4, -0.2) is 19.5 Å². The molecule has 3 nitrogen and oxygen atoms in total. The van der Waals surface area contributed by atoms with Crippen molar-refractivity contribution in [2.45, 2.75) is 26.7 Å². The molecular weight excluding hydrogens is 252 g/mol. The molecule has 0 amide bonds. The number of hydrogen-bond donors (Lipinski definition) is 0. The maximum Gasteiger partial charge on any atom is 0.179 e. The Morgan fingerprint density at radius 3 is 2.78 bits per heavy atom. The van der Waals surface area contributed by atoms with Crippen LogP contribution in [0.1, 0.15) is 25.8 Å². The van der Waals surface area contributed by atoms with E-state index in [4.69, 9.17) is 21.1 Å². The first-order valence-corrected chi connectivity index (χ1v) is 6.41. The van der Waals surface area contributed by atoms with Crippen molar-refractivity contribution in [3.8, 4) is 11.5 Å². The van der Waals surface area contributed by atoms with Gasteiger partial charge in [0, 0.05) is 11.8 Å². The SMILES string of the molecule is CC1(C)COc2cc(CCC=O)cc(Cl)c2OC1. The zero-order chi connectivity index (χ0) is 13.2. The monoisotopic (exact) mass is 268 g/mol. The highest BCUT2D eigenvalue weighted by Crippen LogP contribution is 2.40. The summed E-state index contributed by atoms with van der Waals surface area (Å²) in [5, 5.41) is 0.547. The lowest BCUT2D eigenvalue weighted by Crippen LogP contribution is -2.26. The van der Waals surface area contributed by atoms with E-state index in [9.17, 15) is 4.79 Å². The quantitative estimate of drug-likeness (QED) is 0.790. The minimum Gasteiger partial charge on any atom is -0.489 e. The number of fused-ring (bicyclic) bond motifs is 1. The molecule has 1 heterocycles. The average molecular weight is 269 g/mol. The maximum absolute atomic E-state index is 10.4. The molecule has 0 unspecified atom stereocenters. The maximum atomic E-state index is 10.4. The highest BCUT2D eigenvalue weighted by molar-refractivity contribution is 6.32. The van der Waals surface area contributed by atoms with Gasteiger partial charge in [-0.2, -0.15) is 0 Å². The number of carbonyl (C=O) groups excluding carboxylic acids is 1. The first-order valence-electron chi connectivity index (χ1n) is 6.03. The molecule has 1 aliphatic rings. The molecule has 0 radical (unpaired) electrons. The van der Waals surface area contributed by atoms with E-state index < -0.39 is 0 Å². The first-order chi connectivity index (χ1) is 8.52. The molecule has 0 fully saturated rings. The summed E-state index contributed by atoms with van der Waals surface area (Å²) in [6.45, 7) is 5.33. The van der Waals surface area contributed by atoms with Crippen LogP contribution in [0, 0.1) is 5.41 Å². The number of benzene rings is 1. The fraction of sp³-hybridized carbons (Fsp3) is 0.500. The second-order valence-corrected chi connectivity index (χ2v) is 5.76. The molecule has 4 heteroatoms. The van der Waals surface area contributed by atoms with E-state index in [1.54, 1.807) is 0 Å². The number of aryl methyl sites for hydroxylation is 1. The molecule has 2 rings (SSSR count). The van der Waals surface area contributed by atoms with Gasteiger partial charge >= 0.3 is 0 Å². The highest BCUT2D eigenvalue weighted by atomic mass is 35.5. The van der Waals surface area contributed by atoms with E-state index in [0.29, 0.717) is 42.6 Å². The molecule has 0 atom stereocenters. The Hall–Kier alpha value is -1.22. The largest absolute Gasteiger partial charge is 0.489 e. The van der Waals surface area contributed by atoms with Crippen LogP contribution in [0.25, 0.3) is 0 Å². The van der Waals surface area contributed by atoms with Gasteiger partial charge in [-0.05, 0) is 24.1 Å². The van der Waals surface area contributed by atoms with Gasteiger partial charge in [0.1, 0.15) is 6.29 Å². The number of aldehydes is 1.